The first kappa shape index (κ1) is 13.1. The average Bonchev–Trinajstić information content (AvgIpc) is 2.22. The van der Waals surface area contributed by atoms with Gasteiger partial charge in [0.2, 0.25) is 0 Å². The van der Waals surface area contributed by atoms with Crippen LogP contribution in [0.15, 0.2) is 28.7 Å². The summed E-state index contributed by atoms with van der Waals surface area (Å²) < 4.78 is 5.21. The molecule has 2 nitrogen and oxygen atoms in total. The first-order valence-corrected chi connectivity index (χ1v) is 5.45. The van der Waals surface area contributed by atoms with Gasteiger partial charge in [-0.2, -0.15) is 0 Å². The predicted molar refractivity (Wildman–Crippen MR) is 70.4 cm³/mol. The van der Waals surface area contributed by atoms with Crippen LogP contribution in [0.25, 0.3) is 0 Å². The number of rotatable bonds is 3. The fraction of sp³-hybridized carbons (Fsp3) is 0.250. The van der Waals surface area contributed by atoms with Crippen molar-refractivity contribution in [3.63, 3.8) is 0 Å². The van der Waals surface area contributed by atoms with Crippen molar-refractivity contribution in [2.75, 3.05) is 7.11 Å². The number of hydrogen-bond donors (Lipinski definition) is 0. The molecule has 0 spiro atoms. The molecule has 4 heteroatoms. The van der Waals surface area contributed by atoms with Crippen molar-refractivity contribution in [1.29, 1.82) is 0 Å². The number of aryl methyl sites for hydroxylation is 2. The van der Waals surface area contributed by atoms with Gasteiger partial charge in [0, 0.05) is 0 Å². The van der Waals surface area contributed by atoms with E-state index in [0.29, 0.717) is 0 Å². The van der Waals surface area contributed by atoms with E-state index in [4.69, 9.17) is 27.9 Å². The van der Waals surface area contributed by atoms with E-state index < -0.39 is 0 Å². The Morgan fingerprint density at radius 2 is 1.88 bits per heavy atom. The molecule has 0 aromatic heterocycles. The summed E-state index contributed by atoms with van der Waals surface area (Å²) in [4.78, 5) is 4.19. The lowest BCUT2D eigenvalue weighted by Gasteiger charge is -2.08. The quantitative estimate of drug-likeness (QED) is 0.739. The second kappa shape index (κ2) is 5.37. The number of nitrogens with zero attached hydrogens (tertiary/aromatic N) is 1. The maximum absolute atomic E-state index is 5.84. The van der Waals surface area contributed by atoms with Gasteiger partial charge in [0.15, 0.2) is 0 Å². The predicted octanol–water partition coefficient (Wildman–Crippen LogP) is 4.33. The maximum atomic E-state index is 5.84. The first-order chi connectivity index (χ1) is 7.45. The Labute approximate surface area is 106 Å². The van der Waals surface area contributed by atoms with Gasteiger partial charge in [-0.3, -0.25) is 0 Å². The van der Waals surface area contributed by atoms with E-state index in [0.717, 1.165) is 22.6 Å². The van der Waals surface area contributed by atoms with Gasteiger partial charge in [0.1, 0.15) is 10.9 Å². The summed E-state index contributed by atoms with van der Waals surface area (Å²) in [5, 5.41) is 0.434. The van der Waals surface area contributed by atoms with Gasteiger partial charge in [-0.25, -0.2) is 4.99 Å². The zero-order valence-corrected chi connectivity index (χ0v) is 11.0. The Hall–Kier alpha value is -0.990. The molecular weight excluding hydrogens is 245 g/mol. The van der Waals surface area contributed by atoms with Crippen molar-refractivity contribution in [3.05, 3.63) is 34.9 Å². The third-order valence-electron chi connectivity index (χ3n) is 2.16. The van der Waals surface area contributed by atoms with E-state index in [1.807, 2.05) is 26.0 Å². The third-order valence-corrected chi connectivity index (χ3v) is 2.74. The molecule has 0 unspecified atom stereocenters. The van der Waals surface area contributed by atoms with Crippen molar-refractivity contribution >= 4 is 34.1 Å². The van der Waals surface area contributed by atoms with Gasteiger partial charge >= 0.3 is 0 Å². The summed E-state index contributed by atoms with van der Waals surface area (Å²) >= 11 is 11.5. The molecule has 16 heavy (non-hydrogen) atoms. The molecule has 0 radical (unpaired) electrons. The van der Waals surface area contributed by atoms with Crippen LogP contribution in [0.3, 0.4) is 0 Å². The van der Waals surface area contributed by atoms with Gasteiger partial charge in [0.25, 0.3) is 0 Å². The van der Waals surface area contributed by atoms with Crippen LogP contribution in [0.4, 0.5) is 5.69 Å². The Morgan fingerprint density at radius 1 is 1.25 bits per heavy atom. The van der Waals surface area contributed by atoms with Gasteiger partial charge in [-0.1, -0.05) is 29.8 Å². The van der Waals surface area contributed by atoms with Crippen molar-refractivity contribution in [3.8, 4) is 5.75 Å². The molecule has 0 aliphatic rings. The van der Waals surface area contributed by atoms with Crippen LogP contribution >= 0.6 is 23.2 Å². The second-order valence-electron chi connectivity index (χ2n) is 3.42. The van der Waals surface area contributed by atoms with Gasteiger partial charge < -0.3 is 4.74 Å². The molecule has 0 saturated heterocycles. The standard InChI is InChI=1S/C12H13Cl2NO/c1-7-6-11(16-4)8(2)5-10(7)15-12(14)9(3)13/h5-6H,3H2,1-2,4H3. The van der Waals surface area contributed by atoms with Crippen LogP contribution in [0, 0.1) is 13.8 Å². The number of methoxy groups -OCH3 is 1. The molecule has 0 aliphatic carbocycles. The van der Waals surface area contributed by atoms with Gasteiger partial charge in [0.05, 0.1) is 17.8 Å². The lowest BCUT2D eigenvalue weighted by Crippen LogP contribution is -1.90. The SMILES string of the molecule is C=C(Cl)C(Cl)=Nc1cc(C)c(OC)cc1C. The maximum Gasteiger partial charge on any atom is 0.147 e. The Morgan fingerprint density at radius 3 is 2.38 bits per heavy atom. The number of allylic oxidation sites excluding steroid dienone is 1. The monoisotopic (exact) mass is 257 g/mol. The van der Waals surface area contributed by atoms with Crippen LogP contribution in [0.5, 0.6) is 5.75 Å². The molecular formula is C12H13Cl2NO. The molecule has 0 atom stereocenters. The average molecular weight is 258 g/mol. The fourth-order valence-corrected chi connectivity index (χ4v) is 1.41. The number of halogens is 2. The zero-order valence-electron chi connectivity index (χ0n) is 9.47. The number of hydrogen-bond acceptors (Lipinski definition) is 2. The fourth-order valence-electron chi connectivity index (χ4n) is 1.28. The highest BCUT2D eigenvalue weighted by Crippen LogP contribution is 2.29. The van der Waals surface area contributed by atoms with Crippen LogP contribution in [0.1, 0.15) is 11.1 Å². The molecule has 0 saturated carbocycles. The number of benzene rings is 1. The van der Waals surface area contributed by atoms with Crippen LogP contribution in [-0.4, -0.2) is 12.3 Å². The van der Waals surface area contributed by atoms with E-state index in [1.54, 1.807) is 7.11 Å². The molecule has 0 bridgehead atoms. The topological polar surface area (TPSA) is 21.6 Å². The van der Waals surface area contributed by atoms with Crippen molar-refractivity contribution in [2.45, 2.75) is 13.8 Å². The Bertz CT molecular complexity index is 453. The summed E-state index contributed by atoms with van der Waals surface area (Å²) in [6.07, 6.45) is 0. The molecule has 0 fully saturated rings. The molecule has 86 valence electrons. The van der Waals surface area contributed by atoms with Crippen molar-refractivity contribution < 1.29 is 4.74 Å². The van der Waals surface area contributed by atoms with Gasteiger partial charge in [-0.15, -0.1) is 0 Å². The summed E-state index contributed by atoms with van der Waals surface area (Å²) in [5.74, 6) is 0.831. The van der Waals surface area contributed by atoms with E-state index in [2.05, 4.69) is 11.6 Å². The summed E-state index contributed by atoms with van der Waals surface area (Å²) in [6.45, 7) is 7.39. The summed E-state index contributed by atoms with van der Waals surface area (Å²) in [7, 11) is 1.64. The highest BCUT2D eigenvalue weighted by molar-refractivity contribution is 6.76. The van der Waals surface area contributed by atoms with Gasteiger partial charge in [-0.05, 0) is 37.1 Å². The molecule has 1 aromatic rings. The van der Waals surface area contributed by atoms with E-state index in [9.17, 15) is 0 Å². The Balaban J connectivity index is 3.21. The highest BCUT2D eigenvalue weighted by atomic mass is 35.5. The molecule has 0 N–H and O–H groups in total. The highest BCUT2D eigenvalue weighted by Gasteiger charge is 2.05. The summed E-state index contributed by atoms with van der Waals surface area (Å²) in [6, 6.07) is 3.81. The van der Waals surface area contributed by atoms with Crippen LogP contribution in [0.2, 0.25) is 0 Å². The van der Waals surface area contributed by atoms with Crippen molar-refractivity contribution in [1.82, 2.24) is 0 Å². The van der Waals surface area contributed by atoms with Crippen molar-refractivity contribution in [2.24, 2.45) is 4.99 Å². The summed E-state index contributed by atoms with van der Waals surface area (Å²) in [5.41, 5.74) is 2.74. The number of ether oxygens (including phenoxy) is 1. The molecule has 0 aliphatic heterocycles. The van der Waals surface area contributed by atoms with E-state index in [1.165, 1.54) is 0 Å². The normalized spacial score (nSPS) is 11.4. The minimum atomic E-state index is 0.203. The minimum absolute atomic E-state index is 0.203. The van der Waals surface area contributed by atoms with Crippen LogP contribution in [-0.2, 0) is 0 Å². The molecule has 1 aromatic carbocycles. The lowest BCUT2D eigenvalue weighted by molar-refractivity contribution is 0.411. The molecule has 1 rings (SSSR count). The van der Waals surface area contributed by atoms with Crippen LogP contribution < -0.4 is 4.74 Å². The Kier molecular flexibility index (Phi) is 4.39. The smallest absolute Gasteiger partial charge is 0.147 e. The largest absolute Gasteiger partial charge is 0.496 e. The minimum Gasteiger partial charge on any atom is -0.496 e. The van der Waals surface area contributed by atoms with E-state index in [-0.39, 0.29) is 10.2 Å². The third kappa shape index (κ3) is 3.00. The zero-order chi connectivity index (χ0) is 12.3. The lowest BCUT2D eigenvalue weighted by atomic mass is 10.1. The second-order valence-corrected chi connectivity index (χ2v) is 4.23. The number of aliphatic imine (C=N–C) groups is 1. The van der Waals surface area contributed by atoms with E-state index >= 15 is 0 Å². The molecule has 0 amide bonds. The molecule has 0 heterocycles. The first-order valence-electron chi connectivity index (χ1n) is 4.70.